The molecule has 4 N–H and O–H groups in total. The summed E-state index contributed by atoms with van der Waals surface area (Å²) in [6.07, 6.45) is 13.7. The van der Waals surface area contributed by atoms with Crippen LogP contribution in [0.4, 0.5) is 0 Å². The van der Waals surface area contributed by atoms with Crippen molar-refractivity contribution in [2.45, 2.75) is 70.5 Å². The van der Waals surface area contributed by atoms with Gasteiger partial charge in [0.1, 0.15) is 0 Å². The van der Waals surface area contributed by atoms with E-state index in [1.807, 2.05) is 6.08 Å². The van der Waals surface area contributed by atoms with Crippen molar-refractivity contribution >= 4 is 33.2 Å². The third-order valence-corrected chi connectivity index (χ3v) is 7.58. The van der Waals surface area contributed by atoms with E-state index in [0.29, 0.717) is 18.8 Å². The second-order valence-corrected chi connectivity index (χ2v) is 9.84. The van der Waals surface area contributed by atoms with Crippen LogP contribution < -0.4 is 5.73 Å². The van der Waals surface area contributed by atoms with Gasteiger partial charge in [-0.25, -0.2) is 0 Å². The highest BCUT2D eigenvalue weighted by Crippen LogP contribution is 2.36. The summed E-state index contributed by atoms with van der Waals surface area (Å²) < 4.78 is 1.14. The minimum absolute atomic E-state index is 0.201. The zero-order valence-corrected chi connectivity index (χ0v) is 18.9. The molecule has 0 bridgehead atoms. The van der Waals surface area contributed by atoms with Gasteiger partial charge in [-0.15, -0.1) is 11.3 Å². The number of aliphatic hydroxyl groups excluding tert-OH is 2. The zero-order valence-electron chi connectivity index (χ0n) is 16.5. The van der Waals surface area contributed by atoms with Gasteiger partial charge in [-0.2, -0.15) is 0 Å². The lowest BCUT2D eigenvalue weighted by Gasteiger charge is -2.18. The van der Waals surface area contributed by atoms with Crippen LogP contribution >= 0.6 is 27.3 Å². The summed E-state index contributed by atoms with van der Waals surface area (Å²) in [5.41, 5.74) is 5.14. The van der Waals surface area contributed by atoms with Crippen molar-refractivity contribution in [1.29, 1.82) is 0 Å². The van der Waals surface area contributed by atoms with Crippen molar-refractivity contribution in [3.8, 4) is 0 Å². The Morgan fingerprint density at radius 1 is 1.43 bits per heavy atom. The van der Waals surface area contributed by atoms with Gasteiger partial charge in [0, 0.05) is 20.6 Å². The standard InChI is InChI=1S/C22H32BrNO3S/c1-15-20(23)14-18(28-15)12-11-17(25)10-8-16-9-13-21(26)19(16)6-4-2-3-5-7-22(24)27/h2,4,8,10,14,16-17,19,21,25-26H,3,5-7,9,11-13H2,1H3,(H2,24,27)/t16-,17+,19+,21?/m0/s1. The van der Waals surface area contributed by atoms with Gasteiger partial charge in [0.25, 0.3) is 0 Å². The molecule has 1 heterocycles. The third-order valence-electron chi connectivity index (χ3n) is 5.38. The van der Waals surface area contributed by atoms with E-state index in [0.717, 1.165) is 43.0 Å². The fourth-order valence-electron chi connectivity index (χ4n) is 3.71. The van der Waals surface area contributed by atoms with E-state index < -0.39 is 6.10 Å². The van der Waals surface area contributed by atoms with Crippen LogP contribution in [0.2, 0.25) is 0 Å². The Balaban J connectivity index is 1.76. The summed E-state index contributed by atoms with van der Waals surface area (Å²) >= 11 is 5.30. The van der Waals surface area contributed by atoms with Crippen molar-refractivity contribution in [3.63, 3.8) is 0 Å². The molecular formula is C22H32BrNO3S. The van der Waals surface area contributed by atoms with Crippen LogP contribution in [0.15, 0.2) is 34.8 Å². The van der Waals surface area contributed by atoms with E-state index in [4.69, 9.17) is 5.73 Å². The molecule has 0 saturated heterocycles. The largest absolute Gasteiger partial charge is 0.393 e. The molecule has 1 amide bonds. The number of carbonyl (C=O) groups is 1. The first-order valence-corrected chi connectivity index (χ1v) is 11.7. The summed E-state index contributed by atoms with van der Waals surface area (Å²) in [6.45, 7) is 2.09. The lowest BCUT2D eigenvalue weighted by molar-refractivity contribution is -0.118. The number of carbonyl (C=O) groups excluding carboxylic acids is 1. The number of unbranched alkanes of at least 4 members (excludes halogenated alkanes) is 1. The van der Waals surface area contributed by atoms with E-state index in [2.05, 4.69) is 47.1 Å². The second-order valence-electron chi connectivity index (χ2n) is 7.65. The van der Waals surface area contributed by atoms with Gasteiger partial charge in [-0.3, -0.25) is 4.79 Å². The van der Waals surface area contributed by atoms with Gasteiger partial charge in [0.2, 0.25) is 5.91 Å². The second kappa shape index (κ2) is 11.9. The quantitative estimate of drug-likeness (QED) is 0.325. The molecule has 1 unspecified atom stereocenters. The highest BCUT2D eigenvalue weighted by atomic mass is 79.9. The van der Waals surface area contributed by atoms with E-state index in [1.54, 1.807) is 11.3 Å². The Morgan fingerprint density at radius 2 is 2.21 bits per heavy atom. The first kappa shape index (κ1) is 23.3. The minimum atomic E-state index is -0.455. The number of halogens is 1. The van der Waals surface area contributed by atoms with Gasteiger partial charge in [0.05, 0.1) is 12.2 Å². The summed E-state index contributed by atoms with van der Waals surface area (Å²) in [5, 5.41) is 20.6. The number of allylic oxidation sites excluding steroid dienone is 3. The predicted octanol–water partition coefficient (Wildman–Crippen LogP) is 4.66. The van der Waals surface area contributed by atoms with E-state index >= 15 is 0 Å². The Morgan fingerprint density at radius 3 is 2.89 bits per heavy atom. The maximum Gasteiger partial charge on any atom is 0.217 e. The maximum atomic E-state index is 10.7. The van der Waals surface area contributed by atoms with E-state index in [-0.39, 0.29) is 17.9 Å². The molecule has 2 rings (SSSR count). The summed E-state index contributed by atoms with van der Waals surface area (Å²) in [7, 11) is 0. The van der Waals surface area contributed by atoms with Gasteiger partial charge in [0.15, 0.2) is 0 Å². The van der Waals surface area contributed by atoms with Gasteiger partial charge >= 0.3 is 0 Å². The van der Waals surface area contributed by atoms with Crippen LogP contribution in [0.3, 0.4) is 0 Å². The number of rotatable bonds is 11. The Bertz CT molecular complexity index is 666. The summed E-state index contributed by atoms with van der Waals surface area (Å²) in [4.78, 5) is 13.3. The van der Waals surface area contributed by atoms with Crippen molar-refractivity contribution in [2.75, 3.05) is 0 Å². The SMILES string of the molecule is Cc1sc(CC[C@H](O)C=C[C@H]2CCC(O)[C@@H]2CC=CCCCC(N)=O)cc1Br. The first-order chi connectivity index (χ1) is 13.4. The molecule has 1 fully saturated rings. The van der Waals surface area contributed by atoms with Crippen LogP contribution in [-0.2, 0) is 11.2 Å². The number of hydrogen-bond acceptors (Lipinski definition) is 4. The Labute approximate surface area is 180 Å². The summed E-state index contributed by atoms with van der Waals surface area (Å²) in [5.74, 6) is 0.245. The fourth-order valence-corrected chi connectivity index (χ4v) is 5.33. The van der Waals surface area contributed by atoms with Gasteiger partial charge < -0.3 is 15.9 Å². The van der Waals surface area contributed by atoms with Gasteiger partial charge in [-0.05, 0) is 85.7 Å². The average molecular weight is 470 g/mol. The molecular weight excluding hydrogens is 438 g/mol. The maximum absolute atomic E-state index is 10.7. The highest BCUT2D eigenvalue weighted by molar-refractivity contribution is 9.10. The molecule has 0 aromatic carbocycles. The highest BCUT2D eigenvalue weighted by Gasteiger charge is 2.32. The minimum Gasteiger partial charge on any atom is -0.393 e. The number of nitrogens with two attached hydrogens (primary N) is 1. The number of thiophene rings is 1. The fraction of sp³-hybridized carbons (Fsp3) is 0.591. The number of hydrogen-bond donors (Lipinski definition) is 3. The number of primary amides is 1. The van der Waals surface area contributed by atoms with Crippen molar-refractivity contribution in [1.82, 2.24) is 0 Å². The Kier molecular flexibility index (Phi) is 9.92. The molecule has 1 aromatic heterocycles. The van der Waals surface area contributed by atoms with Crippen LogP contribution in [-0.4, -0.2) is 28.3 Å². The molecule has 1 aliphatic carbocycles. The van der Waals surface area contributed by atoms with Crippen LogP contribution in [0.25, 0.3) is 0 Å². The van der Waals surface area contributed by atoms with E-state index in [9.17, 15) is 15.0 Å². The van der Waals surface area contributed by atoms with Crippen LogP contribution in [0, 0.1) is 18.8 Å². The molecule has 4 nitrogen and oxygen atoms in total. The normalized spacial score (nSPS) is 23.8. The molecule has 4 atom stereocenters. The van der Waals surface area contributed by atoms with Crippen LogP contribution in [0.1, 0.15) is 54.7 Å². The number of aliphatic hydroxyl groups is 2. The number of aryl methyl sites for hydroxylation is 2. The average Bonchev–Trinajstić information content (AvgIpc) is 3.16. The Hall–Kier alpha value is -0.950. The molecule has 1 aliphatic rings. The molecule has 6 heteroatoms. The first-order valence-electron chi connectivity index (χ1n) is 10.1. The lowest BCUT2D eigenvalue weighted by Crippen LogP contribution is -2.17. The topological polar surface area (TPSA) is 83.6 Å². The molecule has 0 radical (unpaired) electrons. The van der Waals surface area contributed by atoms with Crippen molar-refractivity contribution < 1.29 is 15.0 Å². The third kappa shape index (κ3) is 7.82. The van der Waals surface area contributed by atoms with E-state index in [1.165, 1.54) is 9.75 Å². The lowest BCUT2D eigenvalue weighted by atomic mass is 9.90. The molecule has 0 spiro atoms. The van der Waals surface area contributed by atoms with Crippen molar-refractivity contribution in [2.24, 2.45) is 17.6 Å². The molecule has 1 saturated carbocycles. The molecule has 0 aliphatic heterocycles. The zero-order chi connectivity index (χ0) is 20.5. The molecule has 1 aromatic rings. The monoisotopic (exact) mass is 469 g/mol. The smallest absolute Gasteiger partial charge is 0.217 e. The van der Waals surface area contributed by atoms with Crippen LogP contribution in [0.5, 0.6) is 0 Å². The summed E-state index contributed by atoms with van der Waals surface area (Å²) in [6, 6.07) is 2.13. The predicted molar refractivity (Wildman–Crippen MR) is 119 cm³/mol. The van der Waals surface area contributed by atoms with Crippen molar-refractivity contribution in [3.05, 3.63) is 44.6 Å². The molecule has 28 heavy (non-hydrogen) atoms. The van der Waals surface area contributed by atoms with Gasteiger partial charge in [-0.1, -0.05) is 24.3 Å². The molecule has 156 valence electrons. The number of amides is 1.